The topological polar surface area (TPSA) is 12.0 Å². The molecule has 0 bridgehead atoms. The molecule has 14 heavy (non-hydrogen) atoms. The Kier molecular flexibility index (Phi) is 2.12. The highest BCUT2D eigenvalue weighted by molar-refractivity contribution is 5.96. The summed E-state index contributed by atoms with van der Waals surface area (Å²) in [7, 11) is 1.89. The minimum Gasteiger partial charge on any atom is -0.387 e. The van der Waals surface area contributed by atoms with Crippen molar-refractivity contribution in [3.63, 3.8) is 0 Å². The zero-order valence-electron chi connectivity index (χ0n) is 8.04. The third-order valence-corrected chi connectivity index (χ3v) is 2.33. The van der Waals surface area contributed by atoms with Crippen LogP contribution in [0.2, 0.25) is 0 Å². The predicted molar refractivity (Wildman–Crippen MR) is 61.4 cm³/mol. The van der Waals surface area contributed by atoms with E-state index < -0.39 is 0 Å². The smallest absolute Gasteiger partial charge is 0.0576 e. The second-order valence-corrected chi connectivity index (χ2v) is 3.10. The Balaban J connectivity index is 2.85. The van der Waals surface area contributed by atoms with Crippen LogP contribution in [-0.4, -0.2) is 7.05 Å². The number of terminal acetylenes is 1. The number of hydrogen-bond donors (Lipinski definition) is 1. The number of benzene rings is 2. The zero-order valence-corrected chi connectivity index (χ0v) is 8.04. The lowest BCUT2D eigenvalue weighted by molar-refractivity contribution is 1.52. The van der Waals surface area contributed by atoms with Gasteiger partial charge in [0.25, 0.3) is 0 Å². The summed E-state index contributed by atoms with van der Waals surface area (Å²) >= 11 is 0. The molecule has 1 N–H and O–H groups in total. The molecular weight excluding hydrogens is 170 g/mol. The van der Waals surface area contributed by atoms with Gasteiger partial charge in [-0.2, -0.15) is 0 Å². The Labute approximate surface area is 83.8 Å². The standard InChI is InChI=1S/C13H11N/c1-3-10-8-9-11-6-4-5-7-12(11)13(10)14-2/h1,4-9,14H,2H3. The van der Waals surface area contributed by atoms with Crippen LogP contribution in [0.15, 0.2) is 36.4 Å². The third kappa shape index (κ3) is 1.22. The van der Waals surface area contributed by atoms with Crippen molar-refractivity contribution in [2.45, 2.75) is 0 Å². The number of hydrogen-bond acceptors (Lipinski definition) is 1. The summed E-state index contributed by atoms with van der Waals surface area (Å²) in [6.45, 7) is 0. The Morgan fingerprint density at radius 1 is 1.14 bits per heavy atom. The average molecular weight is 181 g/mol. The van der Waals surface area contributed by atoms with Crippen molar-refractivity contribution in [2.75, 3.05) is 12.4 Å². The van der Waals surface area contributed by atoms with E-state index in [0.717, 1.165) is 11.3 Å². The monoisotopic (exact) mass is 181 g/mol. The Morgan fingerprint density at radius 2 is 1.93 bits per heavy atom. The number of nitrogens with one attached hydrogen (secondary N) is 1. The molecule has 0 saturated carbocycles. The van der Waals surface area contributed by atoms with Crippen molar-refractivity contribution in [2.24, 2.45) is 0 Å². The van der Waals surface area contributed by atoms with E-state index >= 15 is 0 Å². The molecular formula is C13H11N. The first-order valence-corrected chi connectivity index (χ1v) is 4.53. The van der Waals surface area contributed by atoms with E-state index in [4.69, 9.17) is 6.42 Å². The summed E-state index contributed by atoms with van der Waals surface area (Å²) in [6, 6.07) is 12.2. The molecule has 0 atom stereocenters. The van der Waals surface area contributed by atoms with Gasteiger partial charge in [-0.3, -0.25) is 0 Å². The lowest BCUT2D eigenvalue weighted by atomic mass is 10.0. The first-order chi connectivity index (χ1) is 6.86. The maximum atomic E-state index is 5.43. The molecule has 0 aliphatic heterocycles. The van der Waals surface area contributed by atoms with Crippen LogP contribution in [0.4, 0.5) is 5.69 Å². The highest BCUT2D eigenvalue weighted by Crippen LogP contribution is 2.26. The van der Waals surface area contributed by atoms with Crippen LogP contribution in [0.1, 0.15) is 5.56 Å². The van der Waals surface area contributed by atoms with E-state index in [-0.39, 0.29) is 0 Å². The molecule has 0 unspecified atom stereocenters. The molecule has 0 fully saturated rings. The number of anilines is 1. The molecule has 0 radical (unpaired) electrons. The lowest BCUT2D eigenvalue weighted by Gasteiger charge is -2.08. The van der Waals surface area contributed by atoms with Gasteiger partial charge in [0.1, 0.15) is 0 Å². The highest BCUT2D eigenvalue weighted by atomic mass is 14.8. The fourth-order valence-electron chi connectivity index (χ4n) is 1.66. The van der Waals surface area contributed by atoms with Crippen LogP contribution in [0.3, 0.4) is 0 Å². The van der Waals surface area contributed by atoms with Crippen LogP contribution in [0, 0.1) is 12.3 Å². The van der Waals surface area contributed by atoms with E-state index in [1.807, 2.05) is 31.3 Å². The van der Waals surface area contributed by atoms with Crippen LogP contribution >= 0.6 is 0 Å². The molecule has 1 heteroatoms. The summed E-state index contributed by atoms with van der Waals surface area (Å²) in [5.74, 6) is 2.68. The zero-order chi connectivity index (χ0) is 9.97. The summed E-state index contributed by atoms with van der Waals surface area (Å²) in [4.78, 5) is 0. The third-order valence-electron chi connectivity index (χ3n) is 2.33. The summed E-state index contributed by atoms with van der Waals surface area (Å²) in [5, 5.41) is 5.52. The number of fused-ring (bicyclic) bond motifs is 1. The van der Waals surface area contributed by atoms with E-state index in [0.29, 0.717) is 0 Å². The van der Waals surface area contributed by atoms with Gasteiger partial charge >= 0.3 is 0 Å². The van der Waals surface area contributed by atoms with Gasteiger partial charge in [0.2, 0.25) is 0 Å². The highest BCUT2D eigenvalue weighted by Gasteiger charge is 2.02. The van der Waals surface area contributed by atoms with Gasteiger partial charge in [0.05, 0.1) is 5.69 Å². The largest absolute Gasteiger partial charge is 0.387 e. The maximum Gasteiger partial charge on any atom is 0.0576 e. The minimum atomic E-state index is 0.909. The fraction of sp³-hybridized carbons (Fsp3) is 0.0769. The molecule has 0 spiro atoms. The molecule has 0 amide bonds. The van der Waals surface area contributed by atoms with Crippen LogP contribution < -0.4 is 5.32 Å². The molecule has 2 rings (SSSR count). The summed E-state index contributed by atoms with van der Waals surface area (Å²) in [6.07, 6.45) is 5.43. The van der Waals surface area contributed by atoms with Crippen molar-refractivity contribution in [3.05, 3.63) is 42.0 Å². The van der Waals surface area contributed by atoms with Gasteiger partial charge < -0.3 is 5.32 Å². The van der Waals surface area contributed by atoms with Gasteiger partial charge in [-0.15, -0.1) is 6.42 Å². The minimum absolute atomic E-state index is 0.909. The van der Waals surface area contributed by atoms with Gasteiger partial charge in [-0.25, -0.2) is 0 Å². The van der Waals surface area contributed by atoms with E-state index in [1.54, 1.807) is 0 Å². The Hall–Kier alpha value is -1.94. The molecule has 0 saturated heterocycles. The van der Waals surface area contributed by atoms with Crippen LogP contribution in [0.25, 0.3) is 10.8 Å². The quantitative estimate of drug-likeness (QED) is 0.667. The lowest BCUT2D eigenvalue weighted by Crippen LogP contribution is -1.93. The van der Waals surface area contributed by atoms with Crippen molar-refractivity contribution in [1.82, 2.24) is 0 Å². The fourth-order valence-corrected chi connectivity index (χ4v) is 1.66. The summed E-state index contributed by atoms with van der Waals surface area (Å²) < 4.78 is 0. The van der Waals surface area contributed by atoms with Crippen LogP contribution in [0.5, 0.6) is 0 Å². The van der Waals surface area contributed by atoms with Gasteiger partial charge in [0.15, 0.2) is 0 Å². The van der Waals surface area contributed by atoms with E-state index in [2.05, 4.69) is 23.4 Å². The molecule has 2 aromatic carbocycles. The van der Waals surface area contributed by atoms with E-state index in [9.17, 15) is 0 Å². The van der Waals surface area contributed by atoms with Crippen molar-refractivity contribution < 1.29 is 0 Å². The van der Waals surface area contributed by atoms with E-state index in [1.165, 1.54) is 10.8 Å². The molecule has 0 heterocycles. The predicted octanol–water partition coefficient (Wildman–Crippen LogP) is 2.86. The SMILES string of the molecule is C#Cc1ccc2ccccc2c1NC. The maximum absolute atomic E-state index is 5.43. The van der Waals surface area contributed by atoms with Gasteiger partial charge in [0, 0.05) is 18.0 Å². The van der Waals surface area contributed by atoms with Gasteiger partial charge in [-0.1, -0.05) is 36.3 Å². The van der Waals surface area contributed by atoms with Crippen molar-refractivity contribution in [3.8, 4) is 12.3 Å². The Morgan fingerprint density at radius 3 is 2.64 bits per heavy atom. The first kappa shape index (κ1) is 8.65. The molecule has 0 aromatic heterocycles. The summed E-state index contributed by atoms with van der Waals surface area (Å²) in [5.41, 5.74) is 1.94. The van der Waals surface area contributed by atoms with Crippen molar-refractivity contribution in [1.29, 1.82) is 0 Å². The average Bonchev–Trinajstić information content (AvgIpc) is 2.27. The normalized spacial score (nSPS) is 9.71. The van der Waals surface area contributed by atoms with Crippen LogP contribution in [-0.2, 0) is 0 Å². The first-order valence-electron chi connectivity index (χ1n) is 4.53. The van der Waals surface area contributed by atoms with Gasteiger partial charge in [-0.05, 0) is 11.5 Å². The molecule has 1 nitrogen and oxygen atoms in total. The second kappa shape index (κ2) is 3.43. The molecule has 0 aliphatic rings. The number of rotatable bonds is 1. The Bertz CT molecular complexity index is 506. The molecule has 0 aliphatic carbocycles. The molecule has 2 aromatic rings. The van der Waals surface area contributed by atoms with Crippen molar-refractivity contribution >= 4 is 16.5 Å². The molecule has 68 valence electrons. The second-order valence-electron chi connectivity index (χ2n) is 3.10.